The number of rotatable bonds is 8. The third-order valence-corrected chi connectivity index (χ3v) is 8.75. The molecule has 1 aliphatic carbocycles. The van der Waals surface area contributed by atoms with E-state index in [1.54, 1.807) is 18.1 Å². The van der Waals surface area contributed by atoms with E-state index in [4.69, 9.17) is 9.97 Å². The summed E-state index contributed by atoms with van der Waals surface area (Å²) < 4.78 is 0. The van der Waals surface area contributed by atoms with Crippen molar-refractivity contribution >= 4 is 46.1 Å². The minimum atomic E-state index is 0.744. The van der Waals surface area contributed by atoms with Gasteiger partial charge in [-0.15, -0.1) is 11.8 Å². The van der Waals surface area contributed by atoms with Crippen LogP contribution in [0.1, 0.15) is 38.5 Å². The molecular weight excluding hydrogens is 468 g/mol. The fraction of sp³-hybridized carbons (Fsp3) is 0.556. The highest BCUT2D eigenvalue weighted by Crippen LogP contribution is 2.35. The predicted molar refractivity (Wildman–Crippen MR) is 148 cm³/mol. The first-order valence-corrected chi connectivity index (χ1v) is 14.6. The fourth-order valence-electron chi connectivity index (χ4n) is 5.62. The van der Waals surface area contributed by atoms with Crippen molar-refractivity contribution in [2.45, 2.75) is 43.4 Å². The molecule has 3 N–H and O–H groups in total. The average Bonchev–Trinajstić information content (AvgIpc) is 3.77. The van der Waals surface area contributed by atoms with Gasteiger partial charge in [0.2, 0.25) is 5.95 Å². The van der Waals surface area contributed by atoms with Crippen LogP contribution in [0.2, 0.25) is 0 Å². The Morgan fingerprint density at radius 1 is 0.917 bits per heavy atom. The molecule has 9 heteroatoms. The summed E-state index contributed by atoms with van der Waals surface area (Å²) in [6, 6.07) is 8.34. The lowest BCUT2D eigenvalue weighted by molar-refractivity contribution is 0.221. The molecule has 0 unspecified atom stereocenters. The monoisotopic (exact) mass is 504 g/mol. The zero-order valence-corrected chi connectivity index (χ0v) is 21.9. The van der Waals surface area contributed by atoms with Gasteiger partial charge in [0.05, 0.1) is 5.69 Å². The third-order valence-electron chi connectivity index (χ3n) is 7.96. The molecule has 0 atom stereocenters. The zero-order valence-electron chi connectivity index (χ0n) is 21.0. The number of hydrogen-bond acceptors (Lipinski definition) is 9. The summed E-state index contributed by atoms with van der Waals surface area (Å²) in [5, 5.41) is 10.6. The van der Waals surface area contributed by atoms with Crippen LogP contribution in [0.4, 0.5) is 23.3 Å². The van der Waals surface area contributed by atoms with Gasteiger partial charge in [-0.05, 0) is 87.8 Å². The van der Waals surface area contributed by atoms with Gasteiger partial charge in [0.1, 0.15) is 17.4 Å². The Morgan fingerprint density at radius 3 is 2.47 bits per heavy atom. The minimum absolute atomic E-state index is 0.744. The molecule has 0 amide bonds. The first-order chi connectivity index (χ1) is 17.8. The number of benzene rings is 1. The summed E-state index contributed by atoms with van der Waals surface area (Å²) in [5.41, 5.74) is 2.59. The summed E-state index contributed by atoms with van der Waals surface area (Å²) in [6.07, 6.45) is 11.3. The van der Waals surface area contributed by atoms with Crippen LogP contribution in [0, 0.1) is 17.8 Å². The highest BCUT2D eigenvalue weighted by molar-refractivity contribution is 7.98. The standard InChI is InChI=1S/C27H36N8S/c1-36-22-5-3-2-4-21(22)32-26-23-24(25(31-17-30-23)29-16-18-6-7-18)33-27(34-26)35-14-10-20(11-15-35)19-8-12-28-13-9-19/h2-5,17-20,28H,6-16H2,1H3,(H,29,30,31)(H,32,33,34). The van der Waals surface area contributed by atoms with Gasteiger partial charge >= 0.3 is 0 Å². The third kappa shape index (κ3) is 5.22. The Balaban J connectivity index is 1.31. The molecule has 3 aliphatic rings. The van der Waals surface area contributed by atoms with E-state index in [0.29, 0.717) is 0 Å². The van der Waals surface area contributed by atoms with E-state index in [2.05, 4.69) is 61.3 Å². The summed E-state index contributed by atoms with van der Waals surface area (Å²) >= 11 is 1.72. The van der Waals surface area contributed by atoms with E-state index in [0.717, 1.165) is 71.7 Å². The van der Waals surface area contributed by atoms with Gasteiger partial charge in [-0.25, -0.2) is 15.0 Å². The smallest absolute Gasteiger partial charge is 0.228 e. The molecule has 3 aromatic rings. The van der Waals surface area contributed by atoms with Crippen LogP contribution in [-0.2, 0) is 0 Å². The number of fused-ring (bicyclic) bond motifs is 1. The summed E-state index contributed by atoms with van der Waals surface area (Å²) in [4.78, 5) is 22.8. The number of thioether (sulfide) groups is 1. The van der Waals surface area contributed by atoms with Crippen molar-refractivity contribution in [1.82, 2.24) is 25.3 Å². The lowest BCUT2D eigenvalue weighted by Crippen LogP contribution is -2.40. The molecule has 0 radical (unpaired) electrons. The number of nitrogens with one attached hydrogen (secondary N) is 3. The van der Waals surface area contributed by atoms with Crippen molar-refractivity contribution in [1.29, 1.82) is 0 Å². The van der Waals surface area contributed by atoms with Crippen molar-refractivity contribution in [3.05, 3.63) is 30.6 Å². The molecule has 1 saturated carbocycles. The maximum absolute atomic E-state index is 5.05. The maximum atomic E-state index is 5.05. The molecule has 3 fully saturated rings. The number of aromatic nitrogens is 4. The van der Waals surface area contributed by atoms with E-state index >= 15 is 0 Å². The quantitative estimate of drug-likeness (QED) is 0.370. The summed E-state index contributed by atoms with van der Waals surface area (Å²) in [5.74, 6) is 4.75. The first kappa shape index (κ1) is 23.7. The second-order valence-corrected chi connectivity index (χ2v) is 11.2. The Labute approximate surface area is 217 Å². The van der Waals surface area contributed by atoms with E-state index < -0.39 is 0 Å². The molecule has 6 rings (SSSR count). The highest BCUT2D eigenvalue weighted by atomic mass is 32.2. The summed E-state index contributed by atoms with van der Waals surface area (Å²) in [7, 11) is 0. The van der Waals surface area contributed by atoms with Crippen LogP contribution in [0.5, 0.6) is 0 Å². The second-order valence-electron chi connectivity index (χ2n) is 10.4. The lowest BCUT2D eigenvalue weighted by atomic mass is 9.79. The van der Waals surface area contributed by atoms with Crippen LogP contribution in [-0.4, -0.2) is 58.9 Å². The van der Waals surface area contributed by atoms with E-state index in [1.165, 1.54) is 56.5 Å². The van der Waals surface area contributed by atoms with Gasteiger partial charge in [-0.2, -0.15) is 4.98 Å². The first-order valence-electron chi connectivity index (χ1n) is 13.4. The number of anilines is 4. The Bertz CT molecular complexity index is 1190. The van der Waals surface area contributed by atoms with Crippen LogP contribution in [0.3, 0.4) is 0 Å². The van der Waals surface area contributed by atoms with Crippen molar-refractivity contribution in [2.24, 2.45) is 17.8 Å². The molecule has 2 aromatic heterocycles. The van der Waals surface area contributed by atoms with Crippen molar-refractivity contribution in [3.8, 4) is 0 Å². The number of para-hydroxylation sites is 1. The average molecular weight is 505 g/mol. The normalized spacial score (nSPS) is 19.5. The Morgan fingerprint density at radius 2 is 1.69 bits per heavy atom. The molecular formula is C27H36N8S. The summed E-state index contributed by atoms with van der Waals surface area (Å²) in [6.45, 7) is 5.27. The molecule has 2 saturated heterocycles. The minimum Gasteiger partial charge on any atom is -0.368 e. The second kappa shape index (κ2) is 10.8. The van der Waals surface area contributed by atoms with Crippen LogP contribution in [0.25, 0.3) is 11.0 Å². The Hall–Kier alpha value is -2.65. The van der Waals surface area contributed by atoms with E-state index in [9.17, 15) is 0 Å². The fourth-order valence-corrected chi connectivity index (χ4v) is 6.17. The molecule has 8 nitrogen and oxygen atoms in total. The topological polar surface area (TPSA) is 90.9 Å². The van der Waals surface area contributed by atoms with Crippen LogP contribution in [0.15, 0.2) is 35.5 Å². The maximum Gasteiger partial charge on any atom is 0.228 e. The predicted octanol–water partition coefficient (Wildman–Crippen LogP) is 4.92. The molecule has 190 valence electrons. The number of nitrogens with zero attached hydrogens (tertiary/aromatic N) is 5. The van der Waals surface area contributed by atoms with Gasteiger partial charge in [0.25, 0.3) is 0 Å². The molecule has 36 heavy (non-hydrogen) atoms. The molecule has 2 aliphatic heterocycles. The molecule has 4 heterocycles. The van der Waals surface area contributed by atoms with E-state index in [-0.39, 0.29) is 0 Å². The van der Waals surface area contributed by atoms with Crippen molar-refractivity contribution < 1.29 is 0 Å². The van der Waals surface area contributed by atoms with Gasteiger partial charge < -0.3 is 20.9 Å². The van der Waals surface area contributed by atoms with Crippen molar-refractivity contribution in [3.63, 3.8) is 0 Å². The molecule has 1 aromatic carbocycles. The van der Waals surface area contributed by atoms with Gasteiger partial charge in [-0.1, -0.05) is 12.1 Å². The SMILES string of the molecule is CSc1ccccc1Nc1nc(N2CCC(C3CCNCC3)CC2)nc2c(NCC3CC3)ncnc12. The lowest BCUT2D eigenvalue weighted by Gasteiger charge is -2.38. The number of hydrogen-bond donors (Lipinski definition) is 3. The molecule has 0 bridgehead atoms. The van der Waals surface area contributed by atoms with E-state index in [1.807, 2.05) is 0 Å². The van der Waals surface area contributed by atoms with Crippen LogP contribution < -0.4 is 20.9 Å². The van der Waals surface area contributed by atoms with Gasteiger partial charge in [0, 0.05) is 24.5 Å². The number of piperidine rings is 2. The Kier molecular flexibility index (Phi) is 7.10. The zero-order chi connectivity index (χ0) is 24.3. The van der Waals surface area contributed by atoms with Gasteiger partial charge in [-0.3, -0.25) is 0 Å². The van der Waals surface area contributed by atoms with Crippen molar-refractivity contribution in [2.75, 3.05) is 54.5 Å². The van der Waals surface area contributed by atoms with Crippen LogP contribution >= 0.6 is 11.8 Å². The highest BCUT2D eigenvalue weighted by Gasteiger charge is 2.29. The van der Waals surface area contributed by atoms with Gasteiger partial charge in [0.15, 0.2) is 11.6 Å². The largest absolute Gasteiger partial charge is 0.368 e. The molecule has 0 spiro atoms.